The summed E-state index contributed by atoms with van der Waals surface area (Å²) in [6.45, 7) is 0. The Morgan fingerprint density at radius 3 is 2.90 bits per heavy atom. The van der Waals surface area contributed by atoms with Crippen LogP contribution in [0.2, 0.25) is 5.02 Å². The highest BCUT2D eigenvalue weighted by molar-refractivity contribution is 7.00. The molecule has 3 rings (SSSR count). The monoisotopic (exact) mass is 306 g/mol. The van der Waals surface area contributed by atoms with Gasteiger partial charge in [-0.1, -0.05) is 17.7 Å². The molecule has 2 aromatic carbocycles. The van der Waals surface area contributed by atoms with Crippen LogP contribution in [0.25, 0.3) is 11.0 Å². The number of para-hydroxylation sites is 1. The molecule has 0 saturated carbocycles. The largest absolute Gasteiger partial charge is 0.495 e. The van der Waals surface area contributed by atoms with E-state index in [4.69, 9.17) is 22.1 Å². The molecule has 1 heterocycles. The van der Waals surface area contributed by atoms with Gasteiger partial charge in [0.2, 0.25) is 0 Å². The van der Waals surface area contributed by atoms with E-state index in [1.807, 2.05) is 18.2 Å². The molecule has 0 atom stereocenters. The predicted octanol–water partition coefficient (Wildman–Crippen LogP) is 3.68. The second-order valence-electron chi connectivity index (χ2n) is 4.10. The van der Waals surface area contributed by atoms with Gasteiger partial charge in [-0.15, -0.1) is 0 Å². The lowest BCUT2D eigenvalue weighted by molar-refractivity contribution is 0.417. The summed E-state index contributed by atoms with van der Waals surface area (Å²) in [5.41, 5.74) is 9.50. The number of methoxy groups -OCH3 is 1. The molecule has 7 heteroatoms. The van der Waals surface area contributed by atoms with Crippen LogP contribution in [0.1, 0.15) is 0 Å². The normalized spacial score (nSPS) is 10.7. The minimum atomic E-state index is 0.520. The van der Waals surface area contributed by atoms with E-state index in [9.17, 15) is 0 Å². The average Bonchev–Trinajstić information content (AvgIpc) is 2.92. The van der Waals surface area contributed by atoms with E-state index in [1.165, 1.54) is 0 Å². The van der Waals surface area contributed by atoms with Gasteiger partial charge in [-0.2, -0.15) is 8.75 Å². The van der Waals surface area contributed by atoms with Crippen molar-refractivity contribution >= 4 is 51.4 Å². The second kappa shape index (κ2) is 5.15. The van der Waals surface area contributed by atoms with Crippen molar-refractivity contribution in [1.29, 1.82) is 0 Å². The molecule has 1 aromatic heterocycles. The maximum absolute atomic E-state index is 6.24. The van der Waals surface area contributed by atoms with Gasteiger partial charge in [0, 0.05) is 0 Å². The summed E-state index contributed by atoms with van der Waals surface area (Å²) in [6.07, 6.45) is 0. The fraction of sp³-hybridized carbons (Fsp3) is 0.0769. The maximum atomic E-state index is 6.24. The van der Waals surface area contributed by atoms with Crippen molar-refractivity contribution in [3.05, 3.63) is 35.4 Å². The summed E-state index contributed by atoms with van der Waals surface area (Å²) >= 11 is 7.38. The van der Waals surface area contributed by atoms with Crippen LogP contribution >= 0.6 is 23.3 Å². The Labute approximate surface area is 124 Å². The molecule has 0 amide bonds. The third-order valence-electron chi connectivity index (χ3n) is 2.92. The Morgan fingerprint density at radius 1 is 1.25 bits per heavy atom. The van der Waals surface area contributed by atoms with Crippen molar-refractivity contribution in [3.8, 4) is 5.75 Å². The molecule has 102 valence electrons. The molecule has 0 radical (unpaired) electrons. The Hall–Kier alpha value is -2.05. The van der Waals surface area contributed by atoms with Crippen LogP contribution in [0.5, 0.6) is 5.75 Å². The highest BCUT2D eigenvalue weighted by Crippen LogP contribution is 2.36. The number of benzene rings is 2. The zero-order valence-corrected chi connectivity index (χ0v) is 12.1. The van der Waals surface area contributed by atoms with Crippen LogP contribution in [0, 0.1) is 0 Å². The fourth-order valence-electron chi connectivity index (χ4n) is 1.91. The highest BCUT2D eigenvalue weighted by atomic mass is 35.5. The molecule has 5 nitrogen and oxygen atoms in total. The summed E-state index contributed by atoms with van der Waals surface area (Å²) in [6, 6.07) is 9.12. The van der Waals surface area contributed by atoms with Crippen molar-refractivity contribution in [1.82, 2.24) is 8.75 Å². The number of nitrogens with one attached hydrogen (secondary N) is 1. The van der Waals surface area contributed by atoms with E-state index in [2.05, 4.69) is 14.1 Å². The summed E-state index contributed by atoms with van der Waals surface area (Å²) in [4.78, 5) is 0. The van der Waals surface area contributed by atoms with Crippen LogP contribution in [0.15, 0.2) is 30.3 Å². The molecule has 0 bridgehead atoms. The number of ether oxygens (including phenoxy) is 1. The Kier molecular flexibility index (Phi) is 3.33. The number of nitrogens with two attached hydrogens (primary N) is 1. The SMILES string of the molecule is COc1cccc(Nc2c(Cl)ccc3nsnc23)c1N. The number of hydrogen-bond donors (Lipinski definition) is 2. The van der Waals surface area contributed by atoms with E-state index in [0.29, 0.717) is 27.8 Å². The van der Waals surface area contributed by atoms with E-state index in [-0.39, 0.29) is 0 Å². The molecule has 0 unspecified atom stereocenters. The number of rotatable bonds is 3. The summed E-state index contributed by atoms with van der Waals surface area (Å²) < 4.78 is 13.7. The van der Waals surface area contributed by atoms with Gasteiger partial charge in [0.05, 0.1) is 40.9 Å². The molecule has 3 N–H and O–H groups in total. The molecule has 3 aromatic rings. The molecular weight excluding hydrogens is 296 g/mol. The standard InChI is InChI=1S/C13H11ClN4OS/c1-19-10-4-2-3-8(11(10)15)16-12-7(14)5-6-9-13(12)18-20-17-9/h2-6,16H,15H2,1H3. The summed E-state index contributed by atoms with van der Waals surface area (Å²) in [7, 11) is 1.58. The number of nitrogen functional groups attached to an aromatic ring is 1. The number of anilines is 3. The summed E-state index contributed by atoms with van der Waals surface area (Å²) in [5.74, 6) is 0.606. The first-order chi connectivity index (χ1) is 9.70. The average molecular weight is 307 g/mol. The van der Waals surface area contributed by atoms with Gasteiger partial charge >= 0.3 is 0 Å². The molecule has 0 aliphatic carbocycles. The lowest BCUT2D eigenvalue weighted by Crippen LogP contribution is -2.00. The van der Waals surface area contributed by atoms with Gasteiger partial charge in [0.1, 0.15) is 16.8 Å². The predicted molar refractivity (Wildman–Crippen MR) is 83.1 cm³/mol. The van der Waals surface area contributed by atoms with Gasteiger partial charge in [0.15, 0.2) is 0 Å². The van der Waals surface area contributed by atoms with Crippen LogP contribution in [0.4, 0.5) is 17.1 Å². The molecule has 0 saturated heterocycles. The van der Waals surface area contributed by atoms with Gasteiger partial charge in [-0.3, -0.25) is 0 Å². The number of halogens is 1. The third-order valence-corrected chi connectivity index (χ3v) is 3.78. The molecule has 0 aliphatic heterocycles. The Bertz CT molecular complexity index is 774. The van der Waals surface area contributed by atoms with Crippen molar-refractivity contribution < 1.29 is 4.74 Å². The Morgan fingerprint density at radius 2 is 2.10 bits per heavy atom. The van der Waals surface area contributed by atoms with Crippen molar-refractivity contribution in [2.24, 2.45) is 0 Å². The molecule has 0 fully saturated rings. The lowest BCUT2D eigenvalue weighted by Gasteiger charge is -2.13. The van der Waals surface area contributed by atoms with E-state index < -0.39 is 0 Å². The second-order valence-corrected chi connectivity index (χ2v) is 5.04. The minimum absolute atomic E-state index is 0.520. The van der Waals surface area contributed by atoms with Crippen molar-refractivity contribution in [3.63, 3.8) is 0 Å². The zero-order chi connectivity index (χ0) is 14.1. The smallest absolute Gasteiger partial charge is 0.143 e. The van der Waals surface area contributed by atoms with Crippen LogP contribution in [-0.4, -0.2) is 15.9 Å². The number of hydrogen-bond acceptors (Lipinski definition) is 6. The number of fused-ring (bicyclic) bond motifs is 1. The van der Waals surface area contributed by atoms with Crippen LogP contribution < -0.4 is 15.8 Å². The molecular formula is C13H11ClN4OS. The zero-order valence-electron chi connectivity index (χ0n) is 10.6. The van der Waals surface area contributed by atoms with Gasteiger partial charge in [-0.05, 0) is 24.3 Å². The van der Waals surface area contributed by atoms with Crippen molar-refractivity contribution in [2.75, 3.05) is 18.2 Å². The number of nitrogens with zero attached hydrogens (tertiary/aromatic N) is 2. The van der Waals surface area contributed by atoms with Crippen LogP contribution in [0.3, 0.4) is 0 Å². The highest BCUT2D eigenvalue weighted by Gasteiger charge is 2.12. The molecule has 0 aliphatic rings. The van der Waals surface area contributed by atoms with E-state index >= 15 is 0 Å². The van der Waals surface area contributed by atoms with E-state index in [0.717, 1.165) is 22.8 Å². The van der Waals surface area contributed by atoms with Gasteiger partial charge in [0.25, 0.3) is 0 Å². The first kappa shape index (κ1) is 13.0. The Balaban J connectivity index is 2.10. The first-order valence-electron chi connectivity index (χ1n) is 5.81. The topological polar surface area (TPSA) is 73.1 Å². The van der Waals surface area contributed by atoms with Gasteiger partial charge < -0.3 is 15.8 Å². The molecule has 20 heavy (non-hydrogen) atoms. The fourth-order valence-corrected chi connectivity index (χ4v) is 2.65. The minimum Gasteiger partial charge on any atom is -0.495 e. The summed E-state index contributed by atoms with van der Waals surface area (Å²) in [5, 5.41) is 3.77. The molecule has 0 spiro atoms. The lowest BCUT2D eigenvalue weighted by atomic mass is 10.2. The number of aromatic nitrogens is 2. The van der Waals surface area contributed by atoms with E-state index in [1.54, 1.807) is 19.2 Å². The van der Waals surface area contributed by atoms with Crippen LogP contribution in [-0.2, 0) is 0 Å². The maximum Gasteiger partial charge on any atom is 0.143 e. The first-order valence-corrected chi connectivity index (χ1v) is 6.92. The quantitative estimate of drug-likeness (QED) is 0.722. The van der Waals surface area contributed by atoms with Gasteiger partial charge in [-0.25, -0.2) is 0 Å². The van der Waals surface area contributed by atoms with Crippen molar-refractivity contribution in [2.45, 2.75) is 0 Å². The third kappa shape index (κ3) is 2.13.